The Labute approximate surface area is 120 Å². The molecule has 0 amide bonds. The van der Waals surface area contributed by atoms with E-state index in [4.69, 9.17) is 9.47 Å². The minimum absolute atomic E-state index is 0.0597. The van der Waals surface area contributed by atoms with Gasteiger partial charge in [0.15, 0.2) is 6.29 Å². The van der Waals surface area contributed by atoms with Crippen molar-refractivity contribution in [2.45, 2.75) is 86.0 Å². The Morgan fingerprint density at radius 2 is 1.89 bits per heavy atom. The molecule has 0 radical (unpaired) electrons. The SMILES string of the molecule is CCCCC(CC)COC1OC1C(C)(C)CC(C)C. The lowest BCUT2D eigenvalue weighted by molar-refractivity contribution is 0.0245. The van der Waals surface area contributed by atoms with Crippen LogP contribution in [0, 0.1) is 17.3 Å². The smallest absolute Gasteiger partial charge is 0.184 e. The summed E-state index contributed by atoms with van der Waals surface area (Å²) in [5, 5.41) is 0. The second-order valence-corrected chi connectivity index (χ2v) is 7.26. The molecule has 0 N–H and O–H groups in total. The molecule has 2 heteroatoms. The number of ether oxygens (including phenoxy) is 2. The molecule has 0 aromatic rings. The van der Waals surface area contributed by atoms with Crippen molar-refractivity contribution in [2.24, 2.45) is 17.3 Å². The van der Waals surface area contributed by atoms with E-state index in [2.05, 4.69) is 41.5 Å². The van der Waals surface area contributed by atoms with Gasteiger partial charge in [0.2, 0.25) is 0 Å². The summed E-state index contributed by atoms with van der Waals surface area (Å²) in [5.41, 5.74) is 0.240. The molecule has 19 heavy (non-hydrogen) atoms. The lowest BCUT2D eigenvalue weighted by Crippen LogP contribution is -2.24. The number of hydrogen-bond acceptors (Lipinski definition) is 2. The Morgan fingerprint density at radius 3 is 2.42 bits per heavy atom. The van der Waals surface area contributed by atoms with Crippen molar-refractivity contribution in [1.82, 2.24) is 0 Å². The van der Waals surface area contributed by atoms with Crippen LogP contribution in [0.2, 0.25) is 0 Å². The molecule has 1 fully saturated rings. The van der Waals surface area contributed by atoms with Gasteiger partial charge in [-0.15, -0.1) is 0 Å². The molecule has 0 spiro atoms. The van der Waals surface area contributed by atoms with Crippen LogP contribution in [0.4, 0.5) is 0 Å². The minimum Gasteiger partial charge on any atom is -0.350 e. The Morgan fingerprint density at radius 1 is 1.21 bits per heavy atom. The first-order valence-electron chi connectivity index (χ1n) is 8.17. The van der Waals surface area contributed by atoms with Crippen molar-refractivity contribution >= 4 is 0 Å². The van der Waals surface area contributed by atoms with Crippen LogP contribution in [0.3, 0.4) is 0 Å². The summed E-state index contributed by atoms with van der Waals surface area (Å²) in [4.78, 5) is 0. The van der Waals surface area contributed by atoms with Crippen molar-refractivity contribution in [2.75, 3.05) is 6.61 Å². The third-order valence-electron chi connectivity index (χ3n) is 4.20. The van der Waals surface area contributed by atoms with Crippen LogP contribution in [-0.2, 0) is 9.47 Å². The number of epoxide rings is 1. The maximum absolute atomic E-state index is 5.96. The zero-order valence-electron chi connectivity index (χ0n) is 13.9. The third kappa shape index (κ3) is 5.83. The van der Waals surface area contributed by atoms with Crippen LogP contribution >= 0.6 is 0 Å². The first-order chi connectivity index (χ1) is 8.90. The molecule has 0 bridgehead atoms. The highest BCUT2D eigenvalue weighted by Crippen LogP contribution is 2.43. The molecule has 2 nitrogen and oxygen atoms in total. The van der Waals surface area contributed by atoms with Crippen molar-refractivity contribution in [3.05, 3.63) is 0 Å². The van der Waals surface area contributed by atoms with Gasteiger partial charge in [-0.25, -0.2) is 0 Å². The standard InChI is InChI=1S/C17H34O2/c1-7-9-10-14(8-2)12-18-16-15(19-16)17(5,6)11-13(3)4/h13-16H,7-12H2,1-6H3. The van der Waals surface area contributed by atoms with Gasteiger partial charge in [-0.2, -0.15) is 0 Å². The summed E-state index contributed by atoms with van der Waals surface area (Å²) in [5.74, 6) is 1.42. The van der Waals surface area contributed by atoms with Crippen molar-refractivity contribution in [1.29, 1.82) is 0 Å². The van der Waals surface area contributed by atoms with E-state index >= 15 is 0 Å². The first kappa shape index (κ1) is 17.0. The summed E-state index contributed by atoms with van der Waals surface area (Å²) in [6.45, 7) is 14.5. The molecule has 3 atom stereocenters. The van der Waals surface area contributed by atoms with E-state index in [0.29, 0.717) is 17.9 Å². The third-order valence-corrected chi connectivity index (χ3v) is 4.20. The Hall–Kier alpha value is -0.0800. The average Bonchev–Trinajstić information content (AvgIpc) is 3.08. The van der Waals surface area contributed by atoms with E-state index in [-0.39, 0.29) is 11.7 Å². The summed E-state index contributed by atoms with van der Waals surface area (Å²) in [6.07, 6.45) is 6.66. The van der Waals surface area contributed by atoms with E-state index in [1.54, 1.807) is 0 Å². The minimum atomic E-state index is 0.0597. The predicted octanol–water partition coefficient (Wildman–Crippen LogP) is 5.02. The number of unbranched alkanes of at least 4 members (excludes halogenated alkanes) is 1. The van der Waals surface area contributed by atoms with Crippen molar-refractivity contribution < 1.29 is 9.47 Å². The highest BCUT2D eigenvalue weighted by molar-refractivity contribution is 4.91. The zero-order valence-corrected chi connectivity index (χ0v) is 13.9. The van der Waals surface area contributed by atoms with Crippen molar-refractivity contribution in [3.8, 4) is 0 Å². The topological polar surface area (TPSA) is 21.8 Å². The highest BCUT2D eigenvalue weighted by atomic mass is 16.8. The van der Waals surface area contributed by atoms with Gasteiger partial charge in [-0.1, -0.05) is 60.8 Å². The molecule has 1 aliphatic rings. The molecule has 1 heterocycles. The average molecular weight is 270 g/mol. The van der Waals surface area contributed by atoms with Crippen LogP contribution in [0.1, 0.15) is 73.6 Å². The van der Waals surface area contributed by atoms with Gasteiger partial charge in [0.05, 0.1) is 6.61 Å². The molecular formula is C17H34O2. The van der Waals surface area contributed by atoms with Gasteiger partial charge < -0.3 is 9.47 Å². The fraction of sp³-hybridized carbons (Fsp3) is 1.00. The maximum Gasteiger partial charge on any atom is 0.184 e. The molecule has 1 rings (SSSR count). The van der Waals surface area contributed by atoms with Crippen LogP contribution in [0.5, 0.6) is 0 Å². The molecule has 114 valence electrons. The molecule has 0 aromatic heterocycles. The van der Waals surface area contributed by atoms with Crippen molar-refractivity contribution in [3.63, 3.8) is 0 Å². The van der Waals surface area contributed by atoms with Crippen LogP contribution in [-0.4, -0.2) is 19.0 Å². The highest BCUT2D eigenvalue weighted by Gasteiger charge is 2.50. The molecule has 0 aromatic carbocycles. The first-order valence-corrected chi connectivity index (χ1v) is 8.17. The fourth-order valence-electron chi connectivity index (χ4n) is 3.08. The lowest BCUT2D eigenvalue weighted by Gasteiger charge is -2.24. The molecule has 0 saturated carbocycles. The van der Waals surface area contributed by atoms with E-state index in [1.165, 1.54) is 32.1 Å². The molecule has 0 aliphatic carbocycles. The van der Waals surface area contributed by atoms with Gasteiger partial charge in [-0.05, 0) is 30.1 Å². The van der Waals surface area contributed by atoms with E-state index in [0.717, 1.165) is 6.61 Å². The second kappa shape index (κ2) is 7.64. The van der Waals surface area contributed by atoms with E-state index in [9.17, 15) is 0 Å². The molecule has 1 aliphatic heterocycles. The van der Waals surface area contributed by atoms with E-state index in [1.807, 2.05) is 0 Å². The Balaban J connectivity index is 2.26. The Kier molecular flexibility index (Phi) is 6.82. The van der Waals surface area contributed by atoms with Gasteiger partial charge >= 0.3 is 0 Å². The quantitative estimate of drug-likeness (QED) is 0.520. The second-order valence-electron chi connectivity index (χ2n) is 7.26. The summed E-state index contributed by atoms with van der Waals surface area (Å²) < 4.78 is 11.7. The predicted molar refractivity (Wildman–Crippen MR) is 81.2 cm³/mol. The lowest BCUT2D eigenvalue weighted by atomic mass is 9.81. The van der Waals surface area contributed by atoms with E-state index < -0.39 is 0 Å². The maximum atomic E-state index is 5.96. The largest absolute Gasteiger partial charge is 0.350 e. The van der Waals surface area contributed by atoms with Gasteiger partial charge in [-0.3, -0.25) is 0 Å². The molecule has 3 unspecified atom stereocenters. The van der Waals surface area contributed by atoms with Crippen LogP contribution < -0.4 is 0 Å². The van der Waals surface area contributed by atoms with Crippen LogP contribution in [0.25, 0.3) is 0 Å². The fourth-order valence-corrected chi connectivity index (χ4v) is 3.08. The van der Waals surface area contributed by atoms with Gasteiger partial charge in [0, 0.05) is 0 Å². The summed E-state index contributed by atoms with van der Waals surface area (Å²) in [6, 6.07) is 0. The van der Waals surface area contributed by atoms with Crippen LogP contribution in [0.15, 0.2) is 0 Å². The summed E-state index contributed by atoms with van der Waals surface area (Å²) >= 11 is 0. The number of hydrogen-bond donors (Lipinski definition) is 0. The zero-order chi connectivity index (χ0) is 14.5. The summed E-state index contributed by atoms with van der Waals surface area (Å²) in [7, 11) is 0. The number of rotatable bonds is 10. The van der Waals surface area contributed by atoms with Gasteiger partial charge in [0.25, 0.3) is 0 Å². The molecule has 1 saturated heterocycles. The Bertz CT molecular complexity index is 248. The normalized spacial score (nSPS) is 24.8. The van der Waals surface area contributed by atoms with Gasteiger partial charge in [0.1, 0.15) is 6.10 Å². The monoisotopic (exact) mass is 270 g/mol. The molecular weight excluding hydrogens is 236 g/mol.